The maximum Gasteiger partial charge on any atom is 0.240 e. The van der Waals surface area contributed by atoms with Crippen molar-refractivity contribution in [1.82, 2.24) is 10.0 Å². The molecule has 0 spiro atoms. The molecule has 0 bridgehead atoms. The molecule has 2 rings (SSSR count). The van der Waals surface area contributed by atoms with E-state index in [4.69, 9.17) is 4.74 Å². The van der Waals surface area contributed by atoms with Gasteiger partial charge in [-0.05, 0) is 62.2 Å². The lowest BCUT2D eigenvalue weighted by atomic mass is 10.1. The highest BCUT2D eigenvalue weighted by Crippen LogP contribution is 2.15. The van der Waals surface area contributed by atoms with Crippen molar-refractivity contribution in [1.29, 1.82) is 0 Å². The minimum atomic E-state index is -3.60. The highest BCUT2D eigenvalue weighted by atomic mass is 32.2. The average molecular weight is 475 g/mol. The number of hydrogen-bond donors (Lipinski definition) is 2. The molecule has 0 unspecified atom stereocenters. The second kappa shape index (κ2) is 13.1. The van der Waals surface area contributed by atoms with Crippen molar-refractivity contribution >= 4 is 21.7 Å². The Bertz CT molecular complexity index is 1020. The lowest BCUT2D eigenvalue weighted by Crippen LogP contribution is -2.30. The Morgan fingerprint density at radius 2 is 1.73 bits per heavy atom. The van der Waals surface area contributed by atoms with Crippen LogP contribution in [0.4, 0.5) is 0 Å². The van der Waals surface area contributed by atoms with Crippen molar-refractivity contribution in [2.75, 3.05) is 6.61 Å². The average Bonchev–Trinajstić information content (AvgIpc) is 2.78. The molecule has 2 aromatic carbocycles. The Labute approximate surface area is 197 Å². The number of ketones is 1. The molecule has 0 aliphatic rings. The first kappa shape index (κ1) is 26.5. The summed E-state index contributed by atoms with van der Waals surface area (Å²) in [7, 11) is -3.60. The van der Waals surface area contributed by atoms with Crippen molar-refractivity contribution in [3.05, 3.63) is 59.7 Å². The fourth-order valence-corrected chi connectivity index (χ4v) is 4.46. The highest BCUT2D eigenvalue weighted by molar-refractivity contribution is 7.89. The van der Waals surface area contributed by atoms with Gasteiger partial charge in [-0.25, -0.2) is 13.1 Å². The summed E-state index contributed by atoms with van der Waals surface area (Å²) in [5.74, 6) is 0.344. The van der Waals surface area contributed by atoms with E-state index < -0.39 is 10.0 Å². The molecular weight excluding hydrogens is 440 g/mol. The molecule has 7 nitrogen and oxygen atoms in total. The number of nitrogens with one attached hydrogen (secondary N) is 2. The van der Waals surface area contributed by atoms with Crippen molar-refractivity contribution in [3.63, 3.8) is 0 Å². The van der Waals surface area contributed by atoms with E-state index >= 15 is 0 Å². The molecule has 0 atom stereocenters. The first-order chi connectivity index (χ1) is 15.7. The summed E-state index contributed by atoms with van der Waals surface area (Å²) in [6, 6.07) is 13.2. The predicted octanol–water partition coefficient (Wildman–Crippen LogP) is 4.22. The number of benzene rings is 2. The number of sulfonamides is 1. The van der Waals surface area contributed by atoms with Gasteiger partial charge in [0.25, 0.3) is 0 Å². The minimum Gasteiger partial charge on any atom is -0.494 e. The molecule has 1 amide bonds. The normalized spacial score (nSPS) is 11.4. The Kier molecular flexibility index (Phi) is 10.5. The largest absolute Gasteiger partial charge is 0.494 e. The van der Waals surface area contributed by atoms with Crippen LogP contribution in [0.1, 0.15) is 68.8 Å². The number of carbonyl (C=O) groups excluding carboxylic acids is 2. The minimum absolute atomic E-state index is 0.0565. The monoisotopic (exact) mass is 474 g/mol. The van der Waals surface area contributed by atoms with Gasteiger partial charge in [0.15, 0.2) is 5.78 Å². The lowest BCUT2D eigenvalue weighted by Gasteiger charge is -2.11. The van der Waals surface area contributed by atoms with Gasteiger partial charge < -0.3 is 10.1 Å². The van der Waals surface area contributed by atoms with Crippen LogP contribution in [0, 0.1) is 0 Å². The van der Waals surface area contributed by atoms with Crippen LogP contribution >= 0.6 is 0 Å². The van der Waals surface area contributed by atoms with Gasteiger partial charge in [0.05, 0.1) is 11.5 Å². The van der Waals surface area contributed by atoms with E-state index in [0.29, 0.717) is 17.7 Å². The Balaban J connectivity index is 1.80. The molecule has 0 radical (unpaired) electrons. The van der Waals surface area contributed by atoms with Crippen LogP contribution in [0.25, 0.3) is 0 Å². The molecule has 2 aromatic rings. The maximum absolute atomic E-state index is 12.4. The fraction of sp³-hybridized carbons (Fsp3) is 0.440. The zero-order valence-corrected chi connectivity index (χ0v) is 20.4. The summed E-state index contributed by atoms with van der Waals surface area (Å²) in [5.41, 5.74) is 1.20. The van der Waals surface area contributed by atoms with Crippen LogP contribution < -0.4 is 14.8 Å². The fourth-order valence-electron chi connectivity index (χ4n) is 3.14. The van der Waals surface area contributed by atoms with Crippen LogP contribution in [-0.4, -0.2) is 32.8 Å². The second-order valence-corrected chi connectivity index (χ2v) is 9.92. The summed E-state index contributed by atoms with van der Waals surface area (Å²) in [6.45, 7) is 6.48. The number of carbonyl (C=O) groups is 2. The van der Waals surface area contributed by atoms with Crippen molar-refractivity contribution in [3.8, 4) is 5.75 Å². The van der Waals surface area contributed by atoms with Crippen LogP contribution in [0.2, 0.25) is 0 Å². The molecule has 8 heteroatoms. The molecule has 0 aliphatic carbocycles. The third kappa shape index (κ3) is 9.35. The van der Waals surface area contributed by atoms with Gasteiger partial charge in [0, 0.05) is 31.0 Å². The van der Waals surface area contributed by atoms with Crippen molar-refractivity contribution in [2.24, 2.45) is 0 Å². The van der Waals surface area contributed by atoms with Crippen molar-refractivity contribution in [2.45, 2.75) is 70.4 Å². The van der Waals surface area contributed by atoms with E-state index in [1.54, 1.807) is 50.2 Å². The van der Waals surface area contributed by atoms with E-state index in [1.165, 1.54) is 12.1 Å². The molecular formula is C25H34N2O5S. The number of ether oxygens (including phenoxy) is 1. The standard InChI is InChI=1S/C25H34N2O5S/c1-4-5-6-16-32-22-12-10-21(11-13-22)24(28)14-15-25(29)26-18-20-8-7-9-23(17-20)33(30,31)27-19(2)3/h7-13,17,19,27H,4-6,14-16,18H2,1-3H3,(H,26,29). The number of rotatable bonds is 14. The number of Topliss-reactive ketones (excluding diaryl/α,β-unsaturated/α-hetero) is 1. The first-order valence-electron chi connectivity index (χ1n) is 11.4. The molecule has 180 valence electrons. The molecule has 33 heavy (non-hydrogen) atoms. The summed E-state index contributed by atoms with van der Waals surface area (Å²) in [4.78, 5) is 24.7. The Hall–Kier alpha value is -2.71. The summed E-state index contributed by atoms with van der Waals surface area (Å²) >= 11 is 0. The molecule has 0 aliphatic heterocycles. The predicted molar refractivity (Wildman–Crippen MR) is 129 cm³/mol. The van der Waals surface area contributed by atoms with Gasteiger partial charge in [0.1, 0.15) is 5.75 Å². The van der Waals surface area contributed by atoms with E-state index in [0.717, 1.165) is 25.0 Å². The quantitative estimate of drug-likeness (QED) is 0.315. The maximum atomic E-state index is 12.4. The summed E-state index contributed by atoms with van der Waals surface area (Å²) < 4.78 is 32.8. The van der Waals surface area contributed by atoms with E-state index in [-0.39, 0.29) is 42.0 Å². The zero-order valence-electron chi connectivity index (χ0n) is 19.6. The topological polar surface area (TPSA) is 102 Å². The van der Waals surface area contributed by atoms with Gasteiger partial charge in [-0.2, -0.15) is 0 Å². The molecule has 0 aromatic heterocycles. The Morgan fingerprint density at radius 1 is 1.00 bits per heavy atom. The van der Waals surface area contributed by atoms with Crippen LogP contribution in [-0.2, 0) is 21.4 Å². The van der Waals surface area contributed by atoms with Crippen molar-refractivity contribution < 1.29 is 22.7 Å². The second-order valence-electron chi connectivity index (χ2n) is 8.20. The van der Waals surface area contributed by atoms with E-state index in [1.807, 2.05) is 0 Å². The van der Waals surface area contributed by atoms with E-state index in [2.05, 4.69) is 17.0 Å². The molecule has 0 saturated heterocycles. The Morgan fingerprint density at radius 3 is 2.39 bits per heavy atom. The third-order valence-electron chi connectivity index (χ3n) is 4.86. The zero-order chi connectivity index (χ0) is 24.3. The third-order valence-corrected chi connectivity index (χ3v) is 6.52. The van der Waals surface area contributed by atoms with Crippen LogP contribution in [0.15, 0.2) is 53.4 Å². The van der Waals surface area contributed by atoms with Gasteiger partial charge in [-0.15, -0.1) is 0 Å². The number of unbranched alkanes of at least 4 members (excludes halogenated alkanes) is 2. The van der Waals surface area contributed by atoms with Crippen LogP contribution in [0.3, 0.4) is 0 Å². The summed E-state index contributed by atoms with van der Waals surface area (Å²) in [6.07, 6.45) is 3.41. The van der Waals surface area contributed by atoms with Gasteiger partial charge in [0.2, 0.25) is 15.9 Å². The van der Waals surface area contributed by atoms with Gasteiger partial charge in [-0.1, -0.05) is 31.9 Å². The van der Waals surface area contributed by atoms with E-state index in [9.17, 15) is 18.0 Å². The molecule has 0 fully saturated rings. The smallest absolute Gasteiger partial charge is 0.240 e. The molecule has 0 saturated carbocycles. The number of amides is 1. The van der Waals surface area contributed by atoms with Crippen LogP contribution in [0.5, 0.6) is 5.75 Å². The number of hydrogen-bond acceptors (Lipinski definition) is 5. The lowest BCUT2D eigenvalue weighted by molar-refractivity contribution is -0.121. The SMILES string of the molecule is CCCCCOc1ccc(C(=O)CCC(=O)NCc2cccc(S(=O)(=O)NC(C)C)c2)cc1. The van der Waals surface area contributed by atoms with Gasteiger partial charge >= 0.3 is 0 Å². The highest BCUT2D eigenvalue weighted by Gasteiger charge is 2.16. The van der Waals surface area contributed by atoms with Gasteiger partial charge in [-0.3, -0.25) is 9.59 Å². The molecule has 2 N–H and O–H groups in total. The molecule has 0 heterocycles. The summed E-state index contributed by atoms with van der Waals surface area (Å²) in [5, 5.41) is 2.74. The first-order valence-corrected chi connectivity index (χ1v) is 12.8.